The summed E-state index contributed by atoms with van der Waals surface area (Å²) in [6.07, 6.45) is 0.212. The second kappa shape index (κ2) is 6.30. The molecule has 2 aromatic carbocycles. The topological polar surface area (TPSA) is 55.1 Å². The number of carbonyl (C=O) groups excluding carboxylic acids is 1. The minimum Gasteiger partial charge on any atom is -0.396 e. The molecule has 0 aliphatic heterocycles. The Labute approximate surface area is 119 Å². The lowest BCUT2D eigenvalue weighted by Gasteiger charge is -2.09. The zero-order valence-electron chi connectivity index (χ0n) is 11.0. The van der Waals surface area contributed by atoms with Crippen LogP contribution in [0.25, 0.3) is 0 Å². The molecule has 3 N–H and O–H groups in total. The molecule has 0 spiro atoms. The van der Waals surface area contributed by atoms with E-state index < -0.39 is 28.9 Å². The first kappa shape index (κ1) is 14.9. The monoisotopic (exact) mass is 294 g/mol. The lowest BCUT2D eigenvalue weighted by Crippen LogP contribution is -2.28. The first-order valence-corrected chi connectivity index (χ1v) is 6.25. The van der Waals surface area contributed by atoms with E-state index >= 15 is 0 Å². The normalized spacial score (nSPS) is 10.4. The molecule has 0 unspecified atom stereocenters. The molecule has 0 heterocycles. The lowest BCUT2D eigenvalue weighted by molar-refractivity contribution is 0.0945. The molecule has 1 amide bonds. The van der Waals surface area contributed by atoms with Crippen LogP contribution in [0, 0.1) is 17.5 Å². The number of amides is 1. The van der Waals surface area contributed by atoms with Crippen LogP contribution in [0.3, 0.4) is 0 Å². The van der Waals surface area contributed by atoms with E-state index in [1.54, 1.807) is 18.2 Å². The highest BCUT2D eigenvalue weighted by molar-refractivity contribution is 5.95. The number of anilines is 1. The van der Waals surface area contributed by atoms with E-state index in [2.05, 4.69) is 5.32 Å². The maximum atomic E-state index is 13.6. The molecular formula is C15H13F3N2O. The van der Waals surface area contributed by atoms with Crippen molar-refractivity contribution in [1.82, 2.24) is 5.32 Å². The van der Waals surface area contributed by atoms with Crippen molar-refractivity contribution in [3.8, 4) is 0 Å². The summed E-state index contributed by atoms with van der Waals surface area (Å²) in [5.74, 6) is -3.41. The van der Waals surface area contributed by atoms with Gasteiger partial charge in [0.05, 0.1) is 5.69 Å². The van der Waals surface area contributed by atoms with E-state index in [0.29, 0.717) is 5.56 Å². The van der Waals surface area contributed by atoms with Gasteiger partial charge in [0.1, 0.15) is 17.2 Å². The molecule has 21 heavy (non-hydrogen) atoms. The van der Waals surface area contributed by atoms with Gasteiger partial charge < -0.3 is 11.1 Å². The second-order valence-corrected chi connectivity index (χ2v) is 4.42. The van der Waals surface area contributed by atoms with Crippen molar-refractivity contribution < 1.29 is 18.0 Å². The number of halogens is 3. The predicted octanol–water partition coefficient (Wildman–Crippen LogP) is 2.66. The maximum absolute atomic E-state index is 13.6. The highest BCUT2D eigenvalue weighted by atomic mass is 19.1. The van der Waals surface area contributed by atoms with Crippen molar-refractivity contribution in [2.75, 3.05) is 12.3 Å². The minimum absolute atomic E-state index is 0.0491. The molecule has 6 heteroatoms. The molecular weight excluding hydrogens is 281 g/mol. The van der Waals surface area contributed by atoms with Gasteiger partial charge in [0, 0.05) is 6.54 Å². The maximum Gasteiger partial charge on any atom is 0.257 e. The number of carbonyl (C=O) groups is 1. The highest BCUT2D eigenvalue weighted by Gasteiger charge is 2.19. The summed E-state index contributed by atoms with van der Waals surface area (Å²) in [6.45, 7) is 0.0491. The number of hydrogen-bond acceptors (Lipinski definition) is 2. The van der Waals surface area contributed by atoms with Gasteiger partial charge in [-0.05, 0) is 30.2 Å². The molecule has 2 rings (SSSR count). The van der Waals surface area contributed by atoms with E-state index in [9.17, 15) is 18.0 Å². The summed E-state index contributed by atoms with van der Waals surface area (Å²) < 4.78 is 40.5. The van der Waals surface area contributed by atoms with Gasteiger partial charge in [0.2, 0.25) is 0 Å². The molecule has 2 aromatic rings. The number of nitrogen functional groups attached to an aromatic ring is 1. The fourth-order valence-corrected chi connectivity index (χ4v) is 1.88. The quantitative estimate of drug-likeness (QED) is 0.852. The summed E-state index contributed by atoms with van der Waals surface area (Å²) in [5, 5.41) is 2.34. The zero-order chi connectivity index (χ0) is 15.4. The molecule has 0 aliphatic rings. The lowest BCUT2D eigenvalue weighted by atomic mass is 10.1. The van der Waals surface area contributed by atoms with Crippen LogP contribution < -0.4 is 11.1 Å². The van der Waals surface area contributed by atoms with Crippen LogP contribution in [0.4, 0.5) is 18.9 Å². The number of nitrogens with one attached hydrogen (secondary N) is 1. The Hall–Kier alpha value is -2.50. The van der Waals surface area contributed by atoms with Crippen LogP contribution in [0.5, 0.6) is 0 Å². The van der Waals surface area contributed by atoms with Crippen LogP contribution in [-0.4, -0.2) is 12.5 Å². The van der Waals surface area contributed by atoms with Crippen molar-refractivity contribution in [2.24, 2.45) is 0 Å². The van der Waals surface area contributed by atoms with E-state index in [0.717, 1.165) is 12.1 Å². The van der Waals surface area contributed by atoms with Crippen LogP contribution in [0.15, 0.2) is 36.4 Å². The largest absolute Gasteiger partial charge is 0.396 e. The SMILES string of the molecule is Nc1ccc(F)c(C(=O)NCCc2ccccc2F)c1F. The first-order chi connectivity index (χ1) is 10.0. The Bertz CT molecular complexity index is 674. The standard InChI is InChI=1S/C15H13F3N2O/c16-10-4-2-1-3-9(10)7-8-20-15(21)13-11(17)5-6-12(19)14(13)18/h1-6H,7-8,19H2,(H,20,21). The van der Waals surface area contributed by atoms with Crippen molar-refractivity contribution in [3.63, 3.8) is 0 Å². The van der Waals surface area contributed by atoms with Crippen molar-refractivity contribution in [3.05, 3.63) is 65.0 Å². The summed E-state index contributed by atoms with van der Waals surface area (Å²) in [4.78, 5) is 11.8. The van der Waals surface area contributed by atoms with Gasteiger partial charge in [-0.25, -0.2) is 13.2 Å². The number of nitrogens with two attached hydrogens (primary N) is 1. The van der Waals surface area contributed by atoms with Gasteiger partial charge in [-0.2, -0.15) is 0 Å². The summed E-state index contributed by atoms with van der Waals surface area (Å²) in [7, 11) is 0. The third-order valence-electron chi connectivity index (χ3n) is 2.99. The average Bonchev–Trinajstić information content (AvgIpc) is 2.45. The third kappa shape index (κ3) is 3.34. The molecule has 0 saturated heterocycles. The predicted molar refractivity (Wildman–Crippen MR) is 73.2 cm³/mol. The van der Waals surface area contributed by atoms with Gasteiger partial charge in [-0.3, -0.25) is 4.79 Å². The molecule has 0 fully saturated rings. The molecule has 0 saturated carbocycles. The minimum atomic E-state index is -1.10. The van der Waals surface area contributed by atoms with E-state index in [4.69, 9.17) is 5.73 Å². The molecule has 3 nitrogen and oxygen atoms in total. The van der Waals surface area contributed by atoms with Gasteiger partial charge in [0.15, 0.2) is 5.82 Å². The molecule has 0 aromatic heterocycles. The first-order valence-electron chi connectivity index (χ1n) is 6.25. The average molecular weight is 294 g/mol. The Morgan fingerprint density at radius 2 is 1.76 bits per heavy atom. The van der Waals surface area contributed by atoms with Crippen LogP contribution >= 0.6 is 0 Å². The van der Waals surface area contributed by atoms with Gasteiger partial charge in [-0.1, -0.05) is 18.2 Å². The van der Waals surface area contributed by atoms with Crippen molar-refractivity contribution >= 4 is 11.6 Å². The number of rotatable bonds is 4. The van der Waals surface area contributed by atoms with E-state index in [1.165, 1.54) is 6.07 Å². The fraction of sp³-hybridized carbons (Fsp3) is 0.133. The van der Waals surface area contributed by atoms with E-state index in [1.807, 2.05) is 0 Å². The fourth-order valence-electron chi connectivity index (χ4n) is 1.88. The smallest absolute Gasteiger partial charge is 0.257 e. The summed E-state index contributed by atoms with van der Waals surface area (Å²) >= 11 is 0. The third-order valence-corrected chi connectivity index (χ3v) is 2.99. The van der Waals surface area contributed by atoms with Crippen LogP contribution in [-0.2, 0) is 6.42 Å². The molecule has 0 radical (unpaired) electrons. The number of benzene rings is 2. The van der Waals surface area contributed by atoms with Gasteiger partial charge in [-0.15, -0.1) is 0 Å². The Morgan fingerprint density at radius 1 is 1.05 bits per heavy atom. The molecule has 110 valence electrons. The number of hydrogen-bond donors (Lipinski definition) is 2. The van der Waals surface area contributed by atoms with E-state index in [-0.39, 0.29) is 18.7 Å². The Balaban J connectivity index is 2.03. The Morgan fingerprint density at radius 3 is 2.48 bits per heavy atom. The van der Waals surface area contributed by atoms with Gasteiger partial charge >= 0.3 is 0 Å². The van der Waals surface area contributed by atoms with Crippen LogP contribution in [0.2, 0.25) is 0 Å². The Kier molecular flexibility index (Phi) is 4.47. The van der Waals surface area contributed by atoms with Crippen LogP contribution in [0.1, 0.15) is 15.9 Å². The zero-order valence-corrected chi connectivity index (χ0v) is 11.0. The van der Waals surface area contributed by atoms with Gasteiger partial charge in [0.25, 0.3) is 5.91 Å². The highest BCUT2D eigenvalue weighted by Crippen LogP contribution is 2.18. The van der Waals surface area contributed by atoms with Crippen molar-refractivity contribution in [2.45, 2.75) is 6.42 Å². The summed E-state index contributed by atoms with van der Waals surface area (Å²) in [6, 6.07) is 8.05. The molecule has 0 bridgehead atoms. The molecule has 0 atom stereocenters. The second-order valence-electron chi connectivity index (χ2n) is 4.42. The molecule has 0 aliphatic carbocycles. The van der Waals surface area contributed by atoms with Crippen molar-refractivity contribution in [1.29, 1.82) is 0 Å². The summed E-state index contributed by atoms with van der Waals surface area (Å²) in [5.41, 5.74) is 4.66.